The molecule has 0 atom stereocenters. The molecule has 0 saturated carbocycles. The summed E-state index contributed by atoms with van der Waals surface area (Å²) in [5, 5.41) is 3.79. The second kappa shape index (κ2) is 3.27. The lowest BCUT2D eigenvalue weighted by Gasteiger charge is -1.94. The lowest BCUT2D eigenvalue weighted by atomic mass is 10.3. The van der Waals surface area contributed by atoms with Gasteiger partial charge in [0.15, 0.2) is 5.82 Å². The number of thiophene rings is 1. The van der Waals surface area contributed by atoms with Crippen molar-refractivity contribution in [3.8, 4) is 11.4 Å². The second-order valence-electron chi connectivity index (χ2n) is 2.28. The molecule has 0 aliphatic rings. The zero-order valence-electron chi connectivity index (χ0n) is 6.32. The molecule has 0 bridgehead atoms. The monoisotopic (exact) mass is 213 g/mol. The fourth-order valence-corrected chi connectivity index (χ4v) is 1.67. The van der Waals surface area contributed by atoms with Crippen LogP contribution in [0.5, 0.6) is 0 Å². The van der Waals surface area contributed by atoms with Gasteiger partial charge in [0.05, 0.1) is 0 Å². The third-order valence-electron chi connectivity index (χ3n) is 1.40. The van der Waals surface area contributed by atoms with E-state index >= 15 is 0 Å². The summed E-state index contributed by atoms with van der Waals surface area (Å²) in [4.78, 5) is 20.7. The van der Waals surface area contributed by atoms with Crippen molar-refractivity contribution in [2.75, 3.05) is 0 Å². The lowest BCUT2D eigenvalue weighted by molar-refractivity contribution is 0.996. The van der Waals surface area contributed by atoms with Crippen molar-refractivity contribution < 1.29 is 0 Å². The number of aromatic amines is 1. The van der Waals surface area contributed by atoms with E-state index in [9.17, 15) is 4.79 Å². The van der Waals surface area contributed by atoms with Crippen LogP contribution in [0, 0.1) is 0 Å². The van der Waals surface area contributed by atoms with Gasteiger partial charge in [-0.15, -0.1) is 0 Å². The van der Waals surface area contributed by atoms with Crippen molar-refractivity contribution in [2.24, 2.45) is 0 Å². The number of nitrogens with zero attached hydrogens (tertiary/aromatic N) is 2. The van der Waals surface area contributed by atoms with Gasteiger partial charge in [-0.1, -0.05) is 0 Å². The molecular formula is C7H4ClN3OS. The highest BCUT2D eigenvalue weighted by molar-refractivity contribution is 7.08. The van der Waals surface area contributed by atoms with Crippen LogP contribution in [0.15, 0.2) is 21.6 Å². The number of nitrogens with one attached hydrogen (secondary N) is 1. The Balaban J connectivity index is 2.59. The van der Waals surface area contributed by atoms with E-state index in [1.54, 1.807) is 0 Å². The Morgan fingerprint density at radius 3 is 2.92 bits per heavy atom. The van der Waals surface area contributed by atoms with Crippen LogP contribution in [-0.4, -0.2) is 15.0 Å². The quantitative estimate of drug-likeness (QED) is 0.782. The summed E-state index contributed by atoms with van der Waals surface area (Å²) < 4.78 is 0. The number of aromatic nitrogens is 3. The van der Waals surface area contributed by atoms with E-state index in [1.165, 1.54) is 11.3 Å². The molecule has 2 aromatic heterocycles. The SMILES string of the molecule is O=c1nc(-c2ccsc2)nc(Cl)[nH]1. The van der Waals surface area contributed by atoms with E-state index in [0.717, 1.165) is 5.56 Å². The van der Waals surface area contributed by atoms with Crippen LogP contribution in [0.25, 0.3) is 11.4 Å². The smallest absolute Gasteiger partial charge is 0.280 e. The number of H-pyrrole nitrogens is 1. The van der Waals surface area contributed by atoms with E-state index in [4.69, 9.17) is 11.6 Å². The Morgan fingerprint density at radius 1 is 1.46 bits per heavy atom. The van der Waals surface area contributed by atoms with Gasteiger partial charge in [-0.05, 0) is 23.0 Å². The molecular weight excluding hydrogens is 210 g/mol. The first kappa shape index (κ1) is 8.40. The molecule has 0 amide bonds. The fourth-order valence-electron chi connectivity index (χ4n) is 0.879. The topological polar surface area (TPSA) is 58.6 Å². The number of hydrogen-bond acceptors (Lipinski definition) is 4. The van der Waals surface area contributed by atoms with Crippen molar-refractivity contribution in [3.05, 3.63) is 32.6 Å². The summed E-state index contributed by atoms with van der Waals surface area (Å²) in [6.45, 7) is 0. The van der Waals surface area contributed by atoms with Crippen LogP contribution in [0.3, 0.4) is 0 Å². The summed E-state index contributed by atoms with van der Waals surface area (Å²) >= 11 is 7.07. The summed E-state index contributed by atoms with van der Waals surface area (Å²) in [5.74, 6) is 0.356. The summed E-state index contributed by atoms with van der Waals surface area (Å²) in [7, 11) is 0. The number of hydrogen-bond donors (Lipinski definition) is 1. The van der Waals surface area contributed by atoms with Crippen molar-refractivity contribution in [1.29, 1.82) is 0 Å². The van der Waals surface area contributed by atoms with Crippen LogP contribution < -0.4 is 5.69 Å². The molecule has 13 heavy (non-hydrogen) atoms. The molecule has 0 aromatic carbocycles. The first-order valence-corrected chi connectivity index (χ1v) is 4.74. The minimum Gasteiger partial charge on any atom is -0.280 e. The van der Waals surface area contributed by atoms with E-state index in [1.807, 2.05) is 16.8 Å². The third-order valence-corrected chi connectivity index (χ3v) is 2.26. The first-order chi connectivity index (χ1) is 6.25. The molecule has 2 rings (SSSR count). The maximum Gasteiger partial charge on any atom is 0.349 e. The van der Waals surface area contributed by atoms with Crippen molar-refractivity contribution in [1.82, 2.24) is 15.0 Å². The van der Waals surface area contributed by atoms with E-state index in [-0.39, 0.29) is 5.28 Å². The van der Waals surface area contributed by atoms with Crippen LogP contribution in [0.2, 0.25) is 5.28 Å². The summed E-state index contributed by atoms with van der Waals surface area (Å²) in [6.07, 6.45) is 0. The minimum absolute atomic E-state index is 0.0567. The highest BCUT2D eigenvalue weighted by atomic mass is 35.5. The molecule has 2 aromatic rings. The summed E-state index contributed by atoms with van der Waals surface area (Å²) in [5.41, 5.74) is 0.319. The van der Waals surface area contributed by atoms with Gasteiger partial charge in [0, 0.05) is 10.9 Å². The average molecular weight is 214 g/mol. The molecule has 2 heterocycles. The Labute approximate surface area is 82.3 Å². The maximum absolute atomic E-state index is 10.9. The third kappa shape index (κ3) is 1.76. The van der Waals surface area contributed by atoms with Crippen LogP contribution in [-0.2, 0) is 0 Å². The molecule has 66 valence electrons. The molecule has 0 spiro atoms. The predicted octanol–water partition coefficient (Wildman–Crippen LogP) is 1.55. The Hall–Kier alpha value is -1.20. The van der Waals surface area contributed by atoms with Gasteiger partial charge < -0.3 is 0 Å². The molecule has 0 unspecified atom stereocenters. The molecule has 0 saturated heterocycles. The summed E-state index contributed by atoms with van der Waals surface area (Å²) in [6, 6.07) is 1.83. The average Bonchev–Trinajstić information content (AvgIpc) is 2.53. The second-order valence-corrected chi connectivity index (χ2v) is 3.42. The highest BCUT2D eigenvalue weighted by Crippen LogP contribution is 2.17. The molecule has 0 radical (unpaired) electrons. The van der Waals surface area contributed by atoms with E-state index in [2.05, 4.69) is 15.0 Å². The molecule has 0 aliphatic carbocycles. The largest absolute Gasteiger partial charge is 0.349 e. The van der Waals surface area contributed by atoms with Crippen molar-refractivity contribution in [3.63, 3.8) is 0 Å². The van der Waals surface area contributed by atoms with Crippen molar-refractivity contribution in [2.45, 2.75) is 0 Å². The van der Waals surface area contributed by atoms with Gasteiger partial charge in [-0.2, -0.15) is 21.3 Å². The number of rotatable bonds is 1. The van der Waals surface area contributed by atoms with Crippen LogP contribution >= 0.6 is 22.9 Å². The van der Waals surface area contributed by atoms with E-state index in [0.29, 0.717) is 5.82 Å². The lowest BCUT2D eigenvalue weighted by Crippen LogP contribution is -2.12. The number of halogens is 1. The van der Waals surface area contributed by atoms with Gasteiger partial charge in [0.1, 0.15) is 0 Å². The van der Waals surface area contributed by atoms with Gasteiger partial charge in [-0.25, -0.2) is 4.79 Å². The molecule has 1 N–H and O–H groups in total. The fraction of sp³-hybridized carbons (Fsp3) is 0. The highest BCUT2D eigenvalue weighted by Gasteiger charge is 2.03. The molecule has 0 fully saturated rings. The maximum atomic E-state index is 10.9. The minimum atomic E-state index is -0.485. The Bertz CT molecular complexity index is 465. The Kier molecular flexibility index (Phi) is 2.12. The first-order valence-electron chi connectivity index (χ1n) is 3.42. The predicted molar refractivity (Wildman–Crippen MR) is 51.0 cm³/mol. The van der Waals surface area contributed by atoms with Crippen molar-refractivity contribution >= 4 is 22.9 Å². The Morgan fingerprint density at radius 2 is 2.31 bits per heavy atom. The normalized spacial score (nSPS) is 10.2. The van der Waals surface area contributed by atoms with Crippen LogP contribution in [0.4, 0.5) is 0 Å². The van der Waals surface area contributed by atoms with E-state index < -0.39 is 5.69 Å². The molecule has 4 nitrogen and oxygen atoms in total. The zero-order chi connectivity index (χ0) is 9.26. The van der Waals surface area contributed by atoms with Gasteiger partial charge in [-0.3, -0.25) is 4.98 Å². The molecule has 0 aliphatic heterocycles. The molecule has 6 heteroatoms. The van der Waals surface area contributed by atoms with Crippen LogP contribution in [0.1, 0.15) is 0 Å². The van der Waals surface area contributed by atoms with Gasteiger partial charge >= 0.3 is 5.69 Å². The zero-order valence-corrected chi connectivity index (χ0v) is 7.89. The standard InChI is InChI=1S/C7H4ClN3OS/c8-6-9-5(10-7(12)11-6)4-1-2-13-3-4/h1-3H,(H,9,10,11,12). The van der Waals surface area contributed by atoms with Gasteiger partial charge in [0.25, 0.3) is 0 Å². The van der Waals surface area contributed by atoms with Gasteiger partial charge in [0.2, 0.25) is 5.28 Å².